The average Bonchev–Trinajstić information content (AvgIpc) is 2.60. The van der Waals surface area contributed by atoms with Crippen LogP contribution < -0.4 is 11.1 Å². The molecule has 0 atom stereocenters. The van der Waals surface area contributed by atoms with Gasteiger partial charge in [0.25, 0.3) is 5.91 Å². The largest absolute Gasteiger partial charge is 0.444 e. The number of hydrogen-bond donors (Lipinski definition) is 2. The number of likely N-dealkylation sites (tertiary alicyclic amines) is 1. The molecule has 1 fully saturated rings. The normalized spacial score (nSPS) is 15.9. The topological polar surface area (TPSA) is 102 Å². The summed E-state index contributed by atoms with van der Waals surface area (Å²) in [5.74, 6) is 4.00. The molecule has 1 aromatic rings. The van der Waals surface area contributed by atoms with Gasteiger partial charge in [0.15, 0.2) is 0 Å². The Morgan fingerprint density at radius 2 is 1.74 bits per heavy atom. The minimum absolute atomic E-state index is 0.209. The minimum Gasteiger partial charge on any atom is -0.444 e. The second-order valence-corrected chi connectivity index (χ2v) is 7.48. The summed E-state index contributed by atoms with van der Waals surface area (Å²) in [6.07, 6.45) is -0.0310. The van der Waals surface area contributed by atoms with Crippen LogP contribution in [0.1, 0.15) is 39.2 Å². The molecule has 0 spiro atoms. The summed E-state index contributed by atoms with van der Waals surface area (Å²) < 4.78 is 5.34. The number of piperidine rings is 1. The van der Waals surface area contributed by atoms with Crippen LogP contribution in [0.15, 0.2) is 30.3 Å². The molecule has 0 aromatic heterocycles. The number of ether oxygens (including phenoxy) is 1. The number of primary amides is 1. The summed E-state index contributed by atoms with van der Waals surface area (Å²) in [5, 5.41) is 2.64. The highest BCUT2D eigenvalue weighted by molar-refractivity contribution is 5.99. The van der Waals surface area contributed by atoms with Crippen LogP contribution in [-0.4, -0.2) is 47.0 Å². The first-order chi connectivity index (χ1) is 12.6. The predicted octanol–water partition coefficient (Wildman–Crippen LogP) is 1.41. The van der Waals surface area contributed by atoms with Gasteiger partial charge >= 0.3 is 6.09 Å². The van der Waals surface area contributed by atoms with Crippen molar-refractivity contribution in [2.24, 2.45) is 5.73 Å². The Hall–Kier alpha value is -3.01. The molecule has 0 aliphatic carbocycles. The van der Waals surface area contributed by atoms with Crippen LogP contribution in [0.5, 0.6) is 0 Å². The molecule has 1 aromatic carbocycles. The van der Waals surface area contributed by atoms with Gasteiger partial charge in [0.2, 0.25) is 5.91 Å². The summed E-state index contributed by atoms with van der Waals surface area (Å²) in [6, 6.07) is 9.05. The van der Waals surface area contributed by atoms with Crippen LogP contribution in [0.2, 0.25) is 0 Å². The third-order valence-electron chi connectivity index (χ3n) is 4.19. The molecule has 7 nitrogen and oxygen atoms in total. The van der Waals surface area contributed by atoms with Crippen molar-refractivity contribution in [3.63, 3.8) is 0 Å². The van der Waals surface area contributed by atoms with E-state index in [1.807, 2.05) is 18.2 Å². The number of carbonyl (C=O) groups is 3. The van der Waals surface area contributed by atoms with Gasteiger partial charge in [-0.25, -0.2) is 4.79 Å². The molecule has 144 valence electrons. The smallest absolute Gasteiger partial charge is 0.410 e. The first-order valence-corrected chi connectivity index (χ1v) is 8.78. The van der Waals surface area contributed by atoms with Crippen LogP contribution in [0, 0.1) is 11.8 Å². The quantitative estimate of drug-likeness (QED) is 0.768. The molecule has 27 heavy (non-hydrogen) atoms. The van der Waals surface area contributed by atoms with Gasteiger partial charge < -0.3 is 20.7 Å². The Morgan fingerprint density at radius 1 is 1.15 bits per heavy atom. The van der Waals surface area contributed by atoms with Crippen molar-refractivity contribution in [2.45, 2.75) is 44.8 Å². The van der Waals surface area contributed by atoms with Crippen molar-refractivity contribution in [3.05, 3.63) is 35.9 Å². The van der Waals surface area contributed by atoms with Crippen molar-refractivity contribution >= 4 is 17.9 Å². The highest BCUT2D eigenvalue weighted by Crippen LogP contribution is 2.23. The molecule has 3 amide bonds. The molecule has 0 bridgehead atoms. The SMILES string of the molecule is CC(C)(C)OC(=O)N1CCC(NC(=O)C#Cc2ccccc2)(C(N)=O)CC1. The summed E-state index contributed by atoms with van der Waals surface area (Å²) in [4.78, 5) is 37.9. The Morgan fingerprint density at radius 3 is 2.26 bits per heavy atom. The van der Waals surface area contributed by atoms with E-state index in [0.717, 1.165) is 0 Å². The van der Waals surface area contributed by atoms with Gasteiger partial charge in [-0.3, -0.25) is 9.59 Å². The van der Waals surface area contributed by atoms with Crippen LogP contribution >= 0.6 is 0 Å². The lowest BCUT2D eigenvalue weighted by Gasteiger charge is -2.39. The van der Waals surface area contributed by atoms with Crippen molar-refractivity contribution in [1.29, 1.82) is 0 Å². The number of nitrogens with two attached hydrogens (primary N) is 1. The van der Waals surface area contributed by atoms with E-state index in [1.165, 1.54) is 4.90 Å². The lowest BCUT2D eigenvalue weighted by atomic mass is 9.86. The van der Waals surface area contributed by atoms with E-state index in [9.17, 15) is 14.4 Å². The summed E-state index contributed by atoms with van der Waals surface area (Å²) >= 11 is 0. The van der Waals surface area contributed by atoms with Crippen LogP contribution in [0.4, 0.5) is 4.79 Å². The van der Waals surface area contributed by atoms with Crippen LogP contribution in [-0.2, 0) is 14.3 Å². The molecular weight excluding hydrogens is 346 g/mol. The van der Waals surface area contributed by atoms with Crippen molar-refractivity contribution in [2.75, 3.05) is 13.1 Å². The standard InChI is InChI=1S/C20H25N3O4/c1-19(2,3)27-18(26)23-13-11-20(12-14-23,17(21)25)22-16(24)10-9-15-7-5-4-6-8-15/h4-8H,11-14H2,1-3H3,(H2,21,25)(H,22,24). The first-order valence-electron chi connectivity index (χ1n) is 8.78. The van der Waals surface area contributed by atoms with E-state index >= 15 is 0 Å². The van der Waals surface area contributed by atoms with Gasteiger partial charge in [-0.2, -0.15) is 0 Å². The molecule has 1 aliphatic rings. The fourth-order valence-corrected chi connectivity index (χ4v) is 2.73. The number of nitrogens with zero attached hydrogens (tertiary/aromatic N) is 1. The van der Waals surface area contributed by atoms with Gasteiger partial charge in [0.1, 0.15) is 11.1 Å². The van der Waals surface area contributed by atoms with E-state index in [-0.39, 0.29) is 25.9 Å². The maximum atomic E-state index is 12.2. The zero-order chi connectivity index (χ0) is 20.1. The number of rotatable bonds is 2. The zero-order valence-electron chi connectivity index (χ0n) is 15.9. The Balaban J connectivity index is 2.01. The third kappa shape index (κ3) is 5.74. The lowest BCUT2D eigenvalue weighted by molar-refractivity contribution is -0.131. The molecule has 3 N–H and O–H groups in total. The molecule has 0 unspecified atom stereocenters. The fraction of sp³-hybridized carbons (Fsp3) is 0.450. The molecule has 0 saturated carbocycles. The minimum atomic E-state index is -1.22. The van der Waals surface area contributed by atoms with Gasteiger partial charge in [-0.15, -0.1) is 0 Å². The molecule has 1 aliphatic heterocycles. The number of hydrogen-bond acceptors (Lipinski definition) is 4. The van der Waals surface area contributed by atoms with Crippen molar-refractivity contribution in [3.8, 4) is 11.8 Å². The second kappa shape index (κ2) is 8.12. The maximum Gasteiger partial charge on any atom is 0.410 e. The van der Waals surface area contributed by atoms with Crippen LogP contribution in [0.3, 0.4) is 0 Å². The first kappa shape index (κ1) is 20.3. The fourth-order valence-electron chi connectivity index (χ4n) is 2.73. The third-order valence-corrected chi connectivity index (χ3v) is 4.19. The predicted molar refractivity (Wildman–Crippen MR) is 100 cm³/mol. The number of carbonyl (C=O) groups excluding carboxylic acids is 3. The highest BCUT2D eigenvalue weighted by Gasteiger charge is 2.42. The van der Waals surface area contributed by atoms with Gasteiger partial charge in [-0.1, -0.05) is 24.1 Å². The molecule has 1 heterocycles. The van der Waals surface area contributed by atoms with Gasteiger partial charge in [-0.05, 0) is 45.7 Å². The van der Waals surface area contributed by atoms with Gasteiger partial charge in [0.05, 0.1) is 0 Å². The zero-order valence-corrected chi connectivity index (χ0v) is 15.9. The van der Waals surface area contributed by atoms with Crippen LogP contribution in [0.25, 0.3) is 0 Å². The van der Waals surface area contributed by atoms with Crippen molar-refractivity contribution < 1.29 is 19.1 Å². The summed E-state index contributed by atoms with van der Waals surface area (Å²) in [7, 11) is 0. The van der Waals surface area contributed by atoms with E-state index in [4.69, 9.17) is 10.5 Å². The number of benzene rings is 1. The maximum absolute atomic E-state index is 12.2. The second-order valence-electron chi connectivity index (χ2n) is 7.48. The summed E-state index contributed by atoms with van der Waals surface area (Å²) in [6.45, 7) is 5.87. The molecule has 2 rings (SSSR count). The van der Waals surface area contributed by atoms with E-state index in [0.29, 0.717) is 5.56 Å². The highest BCUT2D eigenvalue weighted by atomic mass is 16.6. The Kier molecular flexibility index (Phi) is 6.11. The Bertz CT molecular complexity index is 764. The number of amides is 3. The average molecular weight is 371 g/mol. The van der Waals surface area contributed by atoms with Gasteiger partial charge in [0, 0.05) is 24.6 Å². The van der Waals surface area contributed by atoms with E-state index in [2.05, 4.69) is 17.2 Å². The molecule has 7 heteroatoms. The Labute approximate surface area is 159 Å². The van der Waals surface area contributed by atoms with Crippen molar-refractivity contribution in [1.82, 2.24) is 10.2 Å². The number of nitrogens with one attached hydrogen (secondary N) is 1. The molecular formula is C20H25N3O4. The van der Waals surface area contributed by atoms with E-state index in [1.54, 1.807) is 32.9 Å². The summed E-state index contributed by atoms with van der Waals surface area (Å²) in [5.41, 5.74) is 4.42. The molecule has 1 saturated heterocycles. The van der Waals surface area contributed by atoms with E-state index < -0.39 is 29.0 Å². The monoisotopic (exact) mass is 371 g/mol. The molecule has 0 radical (unpaired) electrons. The lowest BCUT2D eigenvalue weighted by Crippen LogP contribution is -2.62.